The zero-order chi connectivity index (χ0) is 32.9. The number of benzene rings is 2. The van der Waals surface area contributed by atoms with Crippen LogP contribution in [0.2, 0.25) is 0 Å². The first-order valence-electron chi connectivity index (χ1n) is 13.1. The normalized spacial score (nSPS) is 27.2. The molecule has 0 aromatic heterocycles. The summed E-state index contributed by atoms with van der Waals surface area (Å²) in [7, 11) is -3.84. The first-order valence-corrected chi connectivity index (χ1v) is 14.4. The molecule has 2 aromatic rings. The first kappa shape index (κ1) is 36.7. The third-order valence-corrected chi connectivity index (χ3v) is 7.81. The van der Waals surface area contributed by atoms with E-state index in [1.165, 1.54) is 25.3 Å². The van der Waals surface area contributed by atoms with E-state index in [1.54, 1.807) is 6.92 Å². The Hall–Kier alpha value is -2.75. The smallest absolute Gasteiger partial charge is 0.759 e. The molecule has 7 N–H and O–H groups in total. The maximum absolute atomic E-state index is 13.6. The second-order valence-corrected chi connectivity index (χ2v) is 11.4. The molecule has 1 saturated heterocycles. The zero-order valence-corrected chi connectivity index (χ0v) is 26.2. The number of aliphatic hydroxyl groups excluding tert-OH is 2. The quantitative estimate of drug-likeness (QED) is 0.0766. The first-order chi connectivity index (χ1) is 20.4. The molecule has 240 valence electrons. The molecule has 45 heavy (non-hydrogen) atoms. The number of aliphatic hydroxyl groups is 3. The minimum Gasteiger partial charge on any atom is -0.759 e. The minimum absolute atomic E-state index is 0. The van der Waals surface area contributed by atoms with Gasteiger partial charge < -0.3 is 54.6 Å². The van der Waals surface area contributed by atoms with Gasteiger partial charge in [0.15, 0.2) is 17.9 Å². The van der Waals surface area contributed by atoms with Gasteiger partial charge in [-0.3, -0.25) is 22.8 Å². The molecule has 3 aliphatic rings. The number of hydrogen-bond acceptors (Lipinski definition) is 16. The summed E-state index contributed by atoms with van der Waals surface area (Å²) in [6, 6.07) is 3.64. The fourth-order valence-corrected chi connectivity index (χ4v) is 5.75. The maximum Gasteiger partial charge on any atom is 2.00 e. The van der Waals surface area contributed by atoms with Gasteiger partial charge in [0.05, 0.1) is 42.1 Å². The molecular weight excluding hydrogens is 635 g/mol. The van der Waals surface area contributed by atoms with Gasteiger partial charge in [0.25, 0.3) is 0 Å². The van der Waals surface area contributed by atoms with Crippen molar-refractivity contribution in [1.82, 2.24) is 0 Å². The fraction of sp³-hybridized carbons (Fsp3) is 0.444. The molecule has 2 aliphatic carbocycles. The van der Waals surface area contributed by atoms with Crippen molar-refractivity contribution in [2.45, 2.75) is 62.4 Å². The molecule has 1 fully saturated rings. The molecule has 18 heteroatoms. The van der Waals surface area contributed by atoms with E-state index in [-0.39, 0.29) is 57.5 Å². The number of ether oxygens (including phenoxy) is 3. The molecule has 0 bridgehead atoms. The van der Waals surface area contributed by atoms with E-state index >= 15 is 0 Å². The van der Waals surface area contributed by atoms with Crippen LogP contribution in [-0.4, -0.2) is 127 Å². The van der Waals surface area contributed by atoms with E-state index < -0.39 is 106 Å². The van der Waals surface area contributed by atoms with E-state index in [9.17, 15) is 39.9 Å². The van der Waals surface area contributed by atoms with Crippen LogP contribution in [0.15, 0.2) is 18.2 Å². The Balaban J connectivity index is 0.000000854. The van der Waals surface area contributed by atoms with Gasteiger partial charge in [-0.2, -0.15) is 0 Å². The van der Waals surface area contributed by atoms with Crippen LogP contribution in [0.3, 0.4) is 0 Å². The summed E-state index contributed by atoms with van der Waals surface area (Å²) < 4.78 is 51.1. The van der Waals surface area contributed by atoms with Gasteiger partial charge in [0.1, 0.15) is 29.5 Å². The Kier molecular flexibility index (Phi) is 11.0. The molecule has 5 rings (SSSR count). The monoisotopic (exact) mass is 663 g/mol. The van der Waals surface area contributed by atoms with Crippen LogP contribution in [-0.2, 0) is 31.1 Å². The molecule has 0 spiro atoms. The van der Waals surface area contributed by atoms with E-state index in [2.05, 4.69) is 0 Å². The number of phenols is 2. The van der Waals surface area contributed by atoms with Gasteiger partial charge in [0, 0.05) is 52.4 Å². The van der Waals surface area contributed by atoms with Gasteiger partial charge in [-0.15, -0.1) is 0 Å². The summed E-state index contributed by atoms with van der Waals surface area (Å²) >= 11 is 0. The molecule has 6 atom stereocenters. The number of phenolic OH excluding ortho intramolecular Hbond substituents is 2. The van der Waals surface area contributed by atoms with Crippen LogP contribution in [0.4, 0.5) is 0 Å². The fourth-order valence-electron chi connectivity index (χ4n) is 5.75. The third-order valence-electron chi connectivity index (χ3n) is 7.81. The Morgan fingerprint density at radius 3 is 2.29 bits per heavy atom. The number of methoxy groups -OCH3 is 1. The number of carbonyl (C=O) groups is 3. The topological polar surface area (TPSA) is 286 Å². The molecular formula is C27H29MgNO15S. The van der Waals surface area contributed by atoms with Gasteiger partial charge in [-0.25, -0.2) is 0 Å². The largest absolute Gasteiger partial charge is 2.00 e. The number of fused-ring (bicyclic) bond motifs is 3. The second kappa shape index (κ2) is 13.5. The Bertz CT molecular complexity index is 1610. The number of Topliss-reactive ketones (excluding diaryl/α,β-unsaturated/α-hetero) is 1. The van der Waals surface area contributed by atoms with Crippen LogP contribution < -0.4 is 10.5 Å². The van der Waals surface area contributed by atoms with Gasteiger partial charge in [-0.1, -0.05) is 12.1 Å². The number of hydrogen-bond donors (Lipinski definition) is 6. The molecule has 0 radical (unpaired) electrons. The minimum atomic E-state index is -5.17. The summed E-state index contributed by atoms with van der Waals surface area (Å²) in [6.45, 7) is 0.560. The van der Waals surface area contributed by atoms with Gasteiger partial charge in [-0.05, 0) is 13.0 Å². The van der Waals surface area contributed by atoms with Crippen molar-refractivity contribution in [1.29, 1.82) is 0 Å². The number of rotatable bonds is 5. The van der Waals surface area contributed by atoms with Crippen LogP contribution in [0.25, 0.3) is 0 Å². The molecule has 4 unspecified atom stereocenters. The summed E-state index contributed by atoms with van der Waals surface area (Å²) in [6.07, 6.45) is -5.12. The van der Waals surface area contributed by atoms with Crippen molar-refractivity contribution in [3.8, 4) is 17.2 Å². The van der Waals surface area contributed by atoms with E-state index in [0.29, 0.717) is 0 Å². The van der Waals surface area contributed by atoms with Crippen LogP contribution in [0.5, 0.6) is 17.2 Å². The Morgan fingerprint density at radius 2 is 1.73 bits per heavy atom. The number of carbonyl (C=O) groups excluding carboxylic acids is 3. The molecule has 16 nitrogen and oxygen atoms in total. The van der Waals surface area contributed by atoms with Crippen LogP contribution in [0, 0.1) is 0 Å². The van der Waals surface area contributed by atoms with Crippen molar-refractivity contribution >= 4 is 50.8 Å². The van der Waals surface area contributed by atoms with Crippen LogP contribution >= 0.6 is 0 Å². The molecule has 1 heterocycles. The van der Waals surface area contributed by atoms with E-state index in [0.717, 1.165) is 0 Å². The summed E-state index contributed by atoms with van der Waals surface area (Å²) in [5.41, 5.74) is 2.37. The molecule has 0 saturated carbocycles. The van der Waals surface area contributed by atoms with Crippen molar-refractivity contribution in [2.75, 3.05) is 13.7 Å². The van der Waals surface area contributed by atoms with E-state index in [1.807, 2.05) is 0 Å². The van der Waals surface area contributed by atoms with Crippen LogP contribution in [0.1, 0.15) is 68.8 Å². The van der Waals surface area contributed by atoms with Crippen molar-refractivity contribution in [2.24, 2.45) is 5.73 Å². The summed E-state index contributed by atoms with van der Waals surface area (Å²) in [5, 5.41) is 53.7. The number of ketones is 3. The van der Waals surface area contributed by atoms with Crippen molar-refractivity contribution in [3.63, 3.8) is 0 Å². The van der Waals surface area contributed by atoms with Gasteiger partial charge in [0.2, 0.25) is 5.78 Å². The zero-order valence-electron chi connectivity index (χ0n) is 24.0. The summed E-state index contributed by atoms with van der Waals surface area (Å²) in [5.74, 6) is -3.77. The predicted molar refractivity (Wildman–Crippen MR) is 148 cm³/mol. The van der Waals surface area contributed by atoms with Crippen molar-refractivity contribution in [3.05, 3.63) is 51.6 Å². The molecule has 0 amide bonds. The molecule has 2 aromatic carbocycles. The summed E-state index contributed by atoms with van der Waals surface area (Å²) in [4.78, 5) is 39.7. The molecule has 1 aliphatic heterocycles. The SMILES string of the molecule is COc1cccc2c1C(=O)c1c(O)c3c(c(O)c1C2=O)C[C@@](O)(C(=O)CO)C[C@@H]3OC1CC(N)C(O)C(C)O1.O=S(=O)([O-])[O-].[Mg+2]. The third kappa shape index (κ3) is 7.00. The number of aromatic hydroxyl groups is 2. The number of nitrogens with two attached hydrogens (primary N) is 1. The van der Waals surface area contributed by atoms with Crippen molar-refractivity contribution < 1.29 is 71.7 Å². The van der Waals surface area contributed by atoms with E-state index in [4.69, 9.17) is 37.5 Å². The second-order valence-electron chi connectivity index (χ2n) is 10.6. The Labute approximate surface area is 272 Å². The average molecular weight is 664 g/mol. The van der Waals surface area contributed by atoms with Gasteiger partial charge >= 0.3 is 23.1 Å². The average Bonchev–Trinajstić information content (AvgIpc) is 2.94. The predicted octanol–water partition coefficient (Wildman–Crippen LogP) is -1.72. The Morgan fingerprint density at radius 1 is 1.13 bits per heavy atom. The maximum atomic E-state index is 13.6. The standard InChI is InChI=1S/C27H29NO11.Mg.H2O4S/c1-10-22(31)13(28)6-17(38-10)39-15-8-27(36,16(30)9-29)7-12-19(15)26(35)21-20(24(12)33)23(32)11-4-3-5-14(37-2)18(11)25(21)34;;1-5(2,3)4/h3-5,10,13,15,17,22,29,31,33,35-36H,6-9,28H2,1-2H3;;(H2,1,2,3,4)/q;+2;/p-2/t10?,13?,15-,17?,22?,27-;;/m0../s1.